The number of hydrogen-bond acceptors (Lipinski definition) is 4. The van der Waals surface area contributed by atoms with E-state index in [-0.39, 0.29) is 17.7 Å². The van der Waals surface area contributed by atoms with Gasteiger partial charge in [-0.3, -0.25) is 15.0 Å². The number of likely N-dealkylation sites (tertiary alicyclic amines) is 1. The number of piperidine rings is 1. The minimum absolute atomic E-state index is 0.0104. The van der Waals surface area contributed by atoms with Crippen LogP contribution in [-0.2, 0) is 6.54 Å². The quantitative estimate of drug-likeness (QED) is 0.684. The summed E-state index contributed by atoms with van der Waals surface area (Å²) in [6.07, 6.45) is 0.523. The third-order valence-electron chi connectivity index (χ3n) is 3.59. The van der Waals surface area contributed by atoms with Crippen molar-refractivity contribution in [3.05, 3.63) is 38.9 Å². The molecule has 19 heavy (non-hydrogen) atoms. The van der Waals surface area contributed by atoms with Gasteiger partial charge in [0.1, 0.15) is 0 Å². The second kappa shape index (κ2) is 5.86. The molecule has 1 N–H and O–H groups in total. The van der Waals surface area contributed by atoms with Gasteiger partial charge in [0.15, 0.2) is 0 Å². The van der Waals surface area contributed by atoms with Crippen molar-refractivity contribution in [2.45, 2.75) is 26.0 Å². The van der Waals surface area contributed by atoms with Crippen molar-refractivity contribution < 1.29 is 10.0 Å². The van der Waals surface area contributed by atoms with Crippen LogP contribution in [0.25, 0.3) is 0 Å². The molecule has 1 aliphatic rings. The average Bonchev–Trinajstić information content (AvgIpc) is 2.36. The lowest BCUT2D eigenvalue weighted by atomic mass is 9.96. The Morgan fingerprint density at radius 1 is 1.58 bits per heavy atom. The number of nitro benzene ring substituents is 1. The normalized spacial score (nSPS) is 24.4. The van der Waals surface area contributed by atoms with E-state index >= 15 is 0 Å². The van der Waals surface area contributed by atoms with Gasteiger partial charge in [-0.05, 0) is 24.0 Å². The topological polar surface area (TPSA) is 66.6 Å². The zero-order valence-corrected chi connectivity index (χ0v) is 11.5. The number of nitro groups is 1. The fraction of sp³-hybridized carbons (Fsp3) is 0.538. The minimum Gasteiger partial charge on any atom is -0.393 e. The standard InChI is InChI=1S/C13H17ClN2O3/c1-9-7-15(5-4-13(9)17)8-10-2-3-11(16(18)19)6-12(10)14/h2-3,6,9,13,17H,4-5,7-8H2,1H3. The second-order valence-electron chi connectivity index (χ2n) is 5.10. The Bertz CT molecular complexity index is 481. The summed E-state index contributed by atoms with van der Waals surface area (Å²) in [5.74, 6) is 0.241. The molecule has 0 bridgehead atoms. The molecule has 0 radical (unpaired) electrons. The lowest BCUT2D eigenvalue weighted by Gasteiger charge is -2.34. The molecule has 5 nitrogen and oxygen atoms in total. The van der Waals surface area contributed by atoms with Crippen molar-refractivity contribution in [1.29, 1.82) is 0 Å². The van der Waals surface area contributed by atoms with Crippen molar-refractivity contribution in [1.82, 2.24) is 4.90 Å². The van der Waals surface area contributed by atoms with E-state index in [1.807, 2.05) is 6.92 Å². The summed E-state index contributed by atoms with van der Waals surface area (Å²) < 4.78 is 0. The van der Waals surface area contributed by atoms with E-state index in [4.69, 9.17) is 11.6 Å². The number of aliphatic hydroxyl groups excluding tert-OH is 1. The van der Waals surface area contributed by atoms with Crippen LogP contribution in [0.2, 0.25) is 5.02 Å². The monoisotopic (exact) mass is 284 g/mol. The van der Waals surface area contributed by atoms with E-state index in [2.05, 4.69) is 4.90 Å². The van der Waals surface area contributed by atoms with Gasteiger partial charge in [-0.2, -0.15) is 0 Å². The highest BCUT2D eigenvalue weighted by Crippen LogP contribution is 2.25. The SMILES string of the molecule is CC1CN(Cc2ccc([N+](=O)[O-])cc2Cl)CCC1O. The molecule has 1 aromatic rings. The minimum atomic E-state index is -0.449. The van der Waals surface area contributed by atoms with Gasteiger partial charge < -0.3 is 5.11 Å². The summed E-state index contributed by atoms with van der Waals surface area (Å²) in [4.78, 5) is 12.4. The maximum Gasteiger partial charge on any atom is 0.270 e. The Balaban J connectivity index is 2.05. The first kappa shape index (κ1) is 14.2. The van der Waals surface area contributed by atoms with Gasteiger partial charge in [0.05, 0.1) is 16.0 Å². The first-order valence-electron chi connectivity index (χ1n) is 6.30. The Hall–Kier alpha value is -1.17. The Kier molecular flexibility index (Phi) is 4.39. The smallest absolute Gasteiger partial charge is 0.270 e. The van der Waals surface area contributed by atoms with Gasteiger partial charge >= 0.3 is 0 Å². The predicted molar refractivity (Wildman–Crippen MR) is 73.2 cm³/mol. The molecule has 0 amide bonds. The molecule has 0 spiro atoms. The third-order valence-corrected chi connectivity index (χ3v) is 3.94. The molecule has 0 aromatic heterocycles. The third kappa shape index (κ3) is 3.43. The Morgan fingerprint density at radius 3 is 2.89 bits per heavy atom. The molecule has 1 aromatic carbocycles. The first-order valence-corrected chi connectivity index (χ1v) is 6.68. The summed E-state index contributed by atoms with van der Waals surface area (Å²) in [6.45, 7) is 4.31. The summed E-state index contributed by atoms with van der Waals surface area (Å²) in [6, 6.07) is 4.57. The van der Waals surface area contributed by atoms with Gasteiger partial charge in [0.25, 0.3) is 5.69 Å². The van der Waals surface area contributed by atoms with Crippen LogP contribution >= 0.6 is 11.6 Å². The van der Waals surface area contributed by atoms with Crippen molar-refractivity contribution in [3.8, 4) is 0 Å². The first-order chi connectivity index (χ1) is 8.97. The van der Waals surface area contributed by atoms with E-state index in [0.717, 1.165) is 25.1 Å². The summed E-state index contributed by atoms with van der Waals surface area (Å²) >= 11 is 6.08. The summed E-state index contributed by atoms with van der Waals surface area (Å²) in [5, 5.41) is 20.8. The van der Waals surface area contributed by atoms with Crippen LogP contribution in [0.3, 0.4) is 0 Å². The number of rotatable bonds is 3. The summed E-state index contributed by atoms with van der Waals surface area (Å²) in [7, 11) is 0. The molecule has 0 aliphatic carbocycles. The van der Waals surface area contributed by atoms with Crippen LogP contribution in [0.1, 0.15) is 18.9 Å². The molecule has 1 saturated heterocycles. The molecular formula is C13H17ClN2O3. The van der Waals surface area contributed by atoms with Crippen LogP contribution in [0.4, 0.5) is 5.69 Å². The highest BCUT2D eigenvalue weighted by Gasteiger charge is 2.24. The lowest BCUT2D eigenvalue weighted by molar-refractivity contribution is -0.384. The Morgan fingerprint density at radius 2 is 2.32 bits per heavy atom. The van der Waals surface area contributed by atoms with Crippen molar-refractivity contribution >= 4 is 17.3 Å². The van der Waals surface area contributed by atoms with Crippen LogP contribution in [0.5, 0.6) is 0 Å². The van der Waals surface area contributed by atoms with Crippen LogP contribution in [-0.4, -0.2) is 34.1 Å². The molecule has 104 valence electrons. The van der Waals surface area contributed by atoms with Gasteiger partial charge in [0, 0.05) is 31.8 Å². The zero-order valence-electron chi connectivity index (χ0n) is 10.8. The van der Waals surface area contributed by atoms with E-state index < -0.39 is 4.92 Å². The highest BCUT2D eigenvalue weighted by atomic mass is 35.5. The molecule has 2 atom stereocenters. The summed E-state index contributed by atoms with van der Waals surface area (Å²) in [5.41, 5.74) is 0.895. The van der Waals surface area contributed by atoms with Crippen molar-refractivity contribution in [3.63, 3.8) is 0 Å². The van der Waals surface area contributed by atoms with Gasteiger partial charge in [-0.25, -0.2) is 0 Å². The maximum absolute atomic E-state index is 10.6. The molecule has 1 heterocycles. The number of non-ortho nitro benzene ring substituents is 1. The number of nitrogens with zero attached hydrogens (tertiary/aromatic N) is 2. The number of aliphatic hydroxyl groups is 1. The average molecular weight is 285 g/mol. The number of hydrogen-bond donors (Lipinski definition) is 1. The predicted octanol–water partition coefficient (Wildman–Crippen LogP) is 2.45. The van der Waals surface area contributed by atoms with Crippen LogP contribution in [0, 0.1) is 16.0 Å². The molecular weight excluding hydrogens is 268 g/mol. The number of benzene rings is 1. The molecule has 1 aliphatic heterocycles. The van der Waals surface area contributed by atoms with E-state index in [0.29, 0.717) is 11.6 Å². The Labute approximate surface area is 116 Å². The highest BCUT2D eigenvalue weighted by molar-refractivity contribution is 6.31. The molecule has 6 heteroatoms. The fourth-order valence-corrected chi connectivity index (χ4v) is 2.62. The molecule has 2 rings (SSSR count). The van der Waals surface area contributed by atoms with Gasteiger partial charge in [0.2, 0.25) is 0 Å². The van der Waals surface area contributed by atoms with E-state index in [9.17, 15) is 15.2 Å². The lowest BCUT2D eigenvalue weighted by Crippen LogP contribution is -2.41. The molecule has 0 saturated carbocycles. The zero-order chi connectivity index (χ0) is 14.0. The van der Waals surface area contributed by atoms with E-state index in [1.165, 1.54) is 12.1 Å². The van der Waals surface area contributed by atoms with Gasteiger partial charge in [-0.15, -0.1) is 0 Å². The fourth-order valence-electron chi connectivity index (χ4n) is 2.38. The van der Waals surface area contributed by atoms with Crippen molar-refractivity contribution in [2.75, 3.05) is 13.1 Å². The van der Waals surface area contributed by atoms with Gasteiger partial charge in [-0.1, -0.05) is 18.5 Å². The van der Waals surface area contributed by atoms with Crippen molar-refractivity contribution in [2.24, 2.45) is 5.92 Å². The molecule has 2 unspecified atom stereocenters. The van der Waals surface area contributed by atoms with Crippen LogP contribution < -0.4 is 0 Å². The largest absolute Gasteiger partial charge is 0.393 e. The van der Waals surface area contributed by atoms with E-state index in [1.54, 1.807) is 6.07 Å². The van der Waals surface area contributed by atoms with Crippen LogP contribution in [0.15, 0.2) is 18.2 Å². The number of halogens is 1. The molecule has 1 fully saturated rings. The second-order valence-corrected chi connectivity index (χ2v) is 5.51. The maximum atomic E-state index is 10.6.